The molecule has 2 rings (SSSR count). The van der Waals surface area contributed by atoms with Gasteiger partial charge in [-0.2, -0.15) is 13.2 Å². The fraction of sp³-hybridized carbons (Fsp3) is 0.368. The van der Waals surface area contributed by atoms with Crippen LogP contribution < -0.4 is 5.32 Å². The van der Waals surface area contributed by atoms with E-state index in [2.05, 4.69) is 5.32 Å². The number of carbonyl (C=O) groups is 2. The molecule has 0 fully saturated rings. The van der Waals surface area contributed by atoms with Crippen LogP contribution in [-0.2, 0) is 17.5 Å². The maximum atomic E-state index is 12.7. The predicted octanol–water partition coefficient (Wildman–Crippen LogP) is 4.57. The van der Waals surface area contributed by atoms with E-state index in [1.165, 1.54) is 12.1 Å². The Kier molecular flexibility index (Phi) is 5.98. The van der Waals surface area contributed by atoms with Gasteiger partial charge in [0.15, 0.2) is 0 Å². The molecule has 1 amide bonds. The number of rotatable bonds is 5. The molecule has 5 nitrogen and oxygen atoms in total. The van der Waals surface area contributed by atoms with Gasteiger partial charge in [-0.3, -0.25) is 4.79 Å². The normalized spacial score (nSPS) is 11.4. The molecule has 0 aliphatic carbocycles. The van der Waals surface area contributed by atoms with Gasteiger partial charge in [-0.05, 0) is 57.5 Å². The number of aromatic nitrogens is 1. The van der Waals surface area contributed by atoms with E-state index >= 15 is 0 Å². The maximum Gasteiger partial charge on any atom is 0.416 e. The molecule has 0 bridgehead atoms. The average Bonchev–Trinajstić information content (AvgIpc) is 2.84. The number of hydrogen-bond acceptors (Lipinski definition) is 3. The molecule has 0 saturated carbocycles. The molecule has 0 radical (unpaired) electrons. The number of ether oxygens (including phenoxy) is 1. The summed E-state index contributed by atoms with van der Waals surface area (Å²) in [7, 11) is 0. The minimum absolute atomic E-state index is 0.208. The van der Waals surface area contributed by atoms with Gasteiger partial charge in [-0.25, -0.2) is 4.79 Å². The molecule has 0 atom stereocenters. The molecule has 1 aromatic carbocycles. The Labute approximate surface area is 155 Å². The second-order valence-corrected chi connectivity index (χ2v) is 5.93. The largest absolute Gasteiger partial charge is 0.461 e. The van der Waals surface area contributed by atoms with Crippen LogP contribution in [0.1, 0.15) is 51.5 Å². The summed E-state index contributed by atoms with van der Waals surface area (Å²) in [5, 5.41) is 2.58. The average molecular weight is 382 g/mol. The van der Waals surface area contributed by atoms with E-state index in [1.54, 1.807) is 25.3 Å². The number of nitrogens with zero attached hydrogens (tertiary/aromatic N) is 1. The van der Waals surface area contributed by atoms with Gasteiger partial charge >= 0.3 is 12.1 Å². The number of esters is 1. The summed E-state index contributed by atoms with van der Waals surface area (Å²) in [6.45, 7) is 7.56. The van der Waals surface area contributed by atoms with Crippen LogP contribution >= 0.6 is 0 Å². The second-order valence-electron chi connectivity index (χ2n) is 5.93. The lowest BCUT2D eigenvalue weighted by atomic mass is 10.1. The van der Waals surface area contributed by atoms with E-state index in [0.717, 1.165) is 12.1 Å². The Morgan fingerprint density at radius 1 is 1.11 bits per heavy atom. The van der Waals surface area contributed by atoms with Crippen molar-refractivity contribution in [2.75, 3.05) is 11.9 Å². The lowest BCUT2D eigenvalue weighted by molar-refractivity contribution is -0.137. The van der Waals surface area contributed by atoms with Gasteiger partial charge in [0.05, 0.1) is 17.7 Å². The number of alkyl halides is 3. The highest BCUT2D eigenvalue weighted by Crippen LogP contribution is 2.30. The third-order valence-corrected chi connectivity index (χ3v) is 4.25. The number of halogens is 3. The zero-order valence-electron chi connectivity index (χ0n) is 15.5. The number of hydrogen-bond donors (Lipinski definition) is 1. The summed E-state index contributed by atoms with van der Waals surface area (Å²) in [6, 6.07) is 4.18. The van der Waals surface area contributed by atoms with Crippen LogP contribution in [-0.4, -0.2) is 23.1 Å². The van der Waals surface area contributed by atoms with Gasteiger partial charge in [0.1, 0.15) is 5.69 Å². The summed E-state index contributed by atoms with van der Waals surface area (Å²) in [5.41, 5.74) is 1.09. The van der Waals surface area contributed by atoms with Crippen LogP contribution in [0.2, 0.25) is 0 Å². The molecule has 8 heteroatoms. The summed E-state index contributed by atoms with van der Waals surface area (Å²) in [6.07, 6.45) is -4.44. The van der Waals surface area contributed by atoms with Crippen molar-refractivity contribution in [3.63, 3.8) is 0 Å². The van der Waals surface area contributed by atoms with Crippen molar-refractivity contribution in [3.05, 3.63) is 52.3 Å². The highest BCUT2D eigenvalue weighted by atomic mass is 19.4. The SMILES string of the molecule is CCOC(=O)c1c(C)c(C(=O)Nc2ccc(C(F)(F)F)cc2)c(C)n1CC. The molecule has 0 spiro atoms. The molecule has 1 N–H and O–H groups in total. The molecule has 1 aromatic heterocycles. The van der Waals surface area contributed by atoms with E-state index in [4.69, 9.17) is 4.74 Å². The first kappa shape index (κ1) is 20.5. The maximum absolute atomic E-state index is 12.7. The molecule has 0 unspecified atom stereocenters. The standard InChI is InChI=1S/C19H21F3N2O3/c1-5-24-12(4)15(11(3)16(24)18(26)27-6-2)17(25)23-14-9-7-13(8-10-14)19(20,21)22/h7-10H,5-6H2,1-4H3,(H,23,25). The Morgan fingerprint density at radius 2 is 1.70 bits per heavy atom. The van der Waals surface area contributed by atoms with Gasteiger partial charge in [0.25, 0.3) is 5.91 Å². The van der Waals surface area contributed by atoms with Crippen LogP contribution in [0.25, 0.3) is 0 Å². The van der Waals surface area contributed by atoms with Crippen molar-refractivity contribution in [2.24, 2.45) is 0 Å². The van der Waals surface area contributed by atoms with Gasteiger partial charge in [-0.1, -0.05) is 0 Å². The van der Waals surface area contributed by atoms with Crippen molar-refractivity contribution in [3.8, 4) is 0 Å². The molecule has 0 aliphatic heterocycles. The zero-order chi connectivity index (χ0) is 20.4. The molecule has 146 valence electrons. The Balaban J connectivity index is 2.35. The van der Waals surface area contributed by atoms with Crippen LogP contribution in [0.5, 0.6) is 0 Å². The second kappa shape index (κ2) is 7.85. The summed E-state index contributed by atoms with van der Waals surface area (Å²) in [4.78, 5) is 24.9. The minimum Gasteiger partial charge on any atom is -0.461 e. The van der Waals surface area contributed by atoms with Crippen molar-refractivity contribution >= 4 is 17.6 Å². The Hall–Kier alpha value is -2.77. The number of benzene rings is 1. The van der Waals surface area contributed by atoms with Gasteiger partial charge in [0.2, 0.25) is 0 Å². The first-order chi connectivity index (χ1) is 12.6. The third-order valence-electron chi connectivity index (χ3n) is 4.25. The number of carbonyl (C=O) groups excluding carboxylic acids is 2. The molecule has 1 heterocycles. The van der Waals surface area contributed by atoms with E-state index in [1.807, 2.05) is 6.92 Å². The Morgan fingerprint density at radius 3 is 2.19 bits per heavy atom. The fourth-order valence-corrected chi connectivity index (χ4v) is 3.02. The van der Waals surface area contributed by atoms with Gasteiger partial charge in [-0.15, -0.1) is 0 Å². The van der Waals surface area contributed by atoms with Crippen LogP contribution in [0, 0.1) is 13.8 Å². The smallest absolute Gasteiger partial charge is 0.416 e. The highest BCUT2D eigenvalue weighted by molar-refractivity contribution is 6.08. The molecule has 27 heavy (non-hydrogen) atoms. The van der Waals surface area contributed by atoms with Crippen molar-refractivity contribution in [1.29, 1.82) is 0 Å². The monoisotopic (exact) mass is 382 g/mol. The van der Waals surface area contributed by atoms with Crippen molar-refractivity contribution in [2.45, 2.75) is 40.4 Å². The van der Waals surface area contributed by atoms with Crippen LogP contribution in [0.3, 0.4) is 0 Å². The van der Waals surface area contributed by atoms with E-state index in [9.17, 15) is 22.8 Å². The predicted molar refractivity (Wildman–Crippen MR) is 94.9 cm³/mol. The molecular formula is C19H21F3N2O3. The van der Waals surface area contributed by atoms with Crippen LogP contribution in [0.15, 0.2) is 24.3 Å². The topological polar surface area (TPSA) is 60.3 Å². The summed E-state index contributed by atoms with van der Waals surface area (Å²) >= 11 is 0. The van der Waals surface area contributed by atoms with Gasteiger partial charge in [0, 0.05) is 17.9 Å². The van der Waals surface area contributed by atoms with E-state index in [-0.39, 0.29) is 12.3 Å². The van der Waals surface area contributed by atoms with Crippen LogP contribution in [0.4, 0.5) is 18.9 Å². The molecule has 0 saturated heterocycles. The first-order valence-electron chi connectivity index (χ1n) is 8.47. The molecular weight excluding hydrogens is 361 g/mol. The number of nitrogens with one attached hydrogen (secondary N) is 1. The summed E-state index contributed by atoms with van der Waals surface area (Å²) < 4.78 is 44.7. The van der Waals surface area contributed by atoms with Crippen molar-refractivity contribution in [1.82, 2.24) is 4.57 Å². The number of anilines is 1. The fourth-order valence-electron chi connectivity index (χ4n) is 3.02. The Bertz CT molecular complexity index is 853. The molecule has 2 aromatic rings. The first-order valence-corrected chi connectivity index (χ1v) is 8.47. The van der Waals surface area contributed by atoms with E-state index in [0.29, 0.717) is 29.1 Å². The lowest BCUT2D eigenvalue weighted by Crippen LogP contribution is -2.14. The highest BCUT2D eigenvalue weighted by Gasteiger charge is 2.30. The molecule has 0 aliphatic rings. The third kappa shape index (κ3) is 4.15. The van der Waals surface area contributed by atoms with E-state index < -0.39 is 23.6 Å². The summed E-state index contributed by atoms with van der Waals surface area (Å²) in [5.74, 6) is -1.02. The quantitative estimate of drug-likeness (QED) is 0.771. The van der Waals surface area contributed by atoms with Crippen molar-refractivity contribution < 1.29 is 27.5 Å². The lowest BCUT2D eigenvalue weighted by Gasteiger charge is -2.09. The zero-order valence-corrected chi connectivity index (χ0v) is 15.5. The minimum atomic E-state index is -4.44. The van der Waals surface area contributed by atoms with Gasteiger partial charge < -0.3 is 14.6 Å². The number of amides is 1.